The zero-order valence-electron chi connectivity index (χ0n) is 12.0. The predicted molar refractivity (Wildman–Crippen MR) is 88.1 cm³/mol. The minimum Gasteiger partial charge on any atom is -0.493 e. The Balaban J connectivity index is 1.87. The number of ether oxygens (including phenoxy) is 2. The molecule has 1 aromatic carbocycles. The number of methoxy groups -OCH3 is 1. The Hall–Kier alpha value is -2.18. The summed E-state index contributed by atoms with van der Waals surface area (Å²) in [7, 11) is 1.54. The summed E-state index contributed by atoms with van der Waals surface area (Å²) in [5.41, 5.74) is 1.69. The largest absolute Gasteiger partial charge is 0.493 e. The first-order valence-corrected chi connectivity index (χ1v) is 8.30. The van der Waals surface area contributed by atoms with Crippen molar-refractivity contribution in [3.63, 3.8) is 0 Å². The molecule has 22 heavy (non-hydrogen) atoms. The summed E-state index contributed by atoms with van der Waals surface area (Å²) >= 11 is 2.94. The molecule has 0 aliphatic rings. The van der Waals surface area contributed by atoms with Crippen molar-refractivity contribution in [3.8, 4) is 22.1 Å². The fourth-order valence-corrected chi connectivity index (χ4v) is 3.60. The number of thiazole rings is 1. The van der Waals surface area contributed by atoms with Crippen LogP contribution in [0.15, 0.2) is 41.1 Å². The van der Waals surface area contributed by atoms with Crippen LogP contribution in [0.3, 0.4) is 0 Å². The molecule has 2 heterocycles. The molecule has 0 bridgehead atoms. The van der Waals surface area contributed by atoms with E-state index in [0.717, 1.165) is 10.6 Å². The van der Waals surface area contributed by atoms with Crippen LogP contribution in [0.25, 0.3) is 10.6 Å². The van der Waals surface area contributed by atoms with E-state index in [1.165, 1.54) is 11.3 Å². The van der Waals surface area contributed by atoms with Crippen LogP contribution in [0.4, 0.5) is 0 Å². The molecule has 3 rings (SSSR count). The summed E-state index contributed by atoms with van der Waals surface area (Å²) in [6.45, 7) is 1.81. The average molecular weight is 331 g/mol. The second-order valence-electron chi connectivity index (χ2n) is 4.49. The van der Waals surface area contributed by atoms with Gasteiger partial charge in [-0.1, -0.05) is 12.1 Å². The number of aromatic nitrogens is 1. The lowest BCUT2D eigenvalue weighted by Crippen LogP contribution is -2.08. The molecule has 0 N–H and O–H groups in total. The Kier molecular flexibility index (Phi) is 4.22. The average Bonchev–Trinajstić information content (AvgIpc) is 3.17. The van der Waals surface area contributed by atoms with Gasteiger partial charge in [-0.3, -0.25) is 0 Å². The number of rotatable bonds is 4. The van der Waals surface area contributed by atoms with Crippen LogP contribution in [-0.4, -0.2) is 18.1 Å². The number of aryl methyl sites for hydroxylation is 1. The monoisotopic (exact) mass is 331 g/mol. The zero-order chi connectivity index (χ0) is 15.5. The van der Waals surface area contributed by atoms with Gasteiger partial charge in [-0.15, -0.1) is 11.3 Å². The van der Waals surface area contributed by atoms with Gasteiger partial charge >= 0.3 is 5.97 Å². The number of hydrogen-bond acceptors (Lipinski definition) is 6. The molecule has 0 fully saturated rings. The van der Waals surface area contributed by atoms with Gasteiger partial charge in [-0.05, 0) is 30.5 Å². The van der Waals surface area contributed by atoms with Gasteiger partial charge in [0.1, 0.15) is 9.88 Å². The third-order valence-electron chi connectivity index (χ3n) is 3.02. The van der Waals surface area contributed by atoms with Gasteiger partial charge in [-0.2, -0.15) is 11.3 Å². The van der Waals surface area contributed by atoms with E-state index in [2.05, 4.69) is 4.98 Å². The predicted octanol–water partition coefficient (Wildman–Crippen LogP) is 4.41. The van der Waals surface area contributed by atoms with E-state index in [1.807, 2.05) is 29.8 Å². The van der Waals surface area contributed by atoms with Crippen LogP contribution in [0, 0.1) is 6.92 Å². The SMILES string of the molecule is COc1ccccc1OC(=O)c1sc(-c2ccsc2)nc1C. The molecule has 3 aromatic rings. The summed E-state index contributed by atoms with van der Waals surface area (Å²) in [5.74, 6) is 0.511. The second-order valence-corrected chi connectivity index (χ2v) is 6.27. The maximum atomic E-state index is 12.4. The Labute approximate surface area is 136 Å². The smallest absolute Gasteiger partial charge is 0.355 e. The molecule has 0 spiro atoms. The van der Waals surface area contributed by atoms with Crippen molar-refractivity contribution in [3.05, 3.63) is 51.7 Å². The number of hydrogen-bond donors (Lipinski definition) is 0. The maximum Gasteiger partial charge on any atom is 0.355 e. The third kappa shape index (κ3) is 2.88. The molecule has 0 aliphatic heterocycles. The highest BCUT2D eigenvalue weighted by Crippen LogP contribution is 2.32. The number of nitrogens with zero attached hydrogens (tertiary/aromatic N) is 1. The highest BCUT2D eigenvalue weighted by molar-refractivity contribution is 7.17. The van der Waals surface area contributed by atoms with Crippen LogP contribution in [0.2, 0.25) is 0 Å². The van der Waals surface area contributed by atoms with Gasteiger partial charge in [0, 0.05) is 10.9 Å². The van der Waals surface area contributed by atoms with Crippen molar-refractivity contribution >= 4 is 28.6 Å². The van der Waals surface area contributed by atoms with E-state index < -0.39 is 5.97 Å². The fraction of sp³-hybridized carbons (Fsp3) is 0.125. The molecular weight excluding hydrogens is 318 g/mol. The third-order valence-corrected chi connectivity index (χ3v) is 4.89. The standard InChI is InChI=1S/C16H13NO3S2/c1-10-14(22-15(17-10)11-7-8-21-9-11)16(18)20-13-6-4-3-5-12(13)19-2/h3-9H,1-2H3. The number of carbonyl (C=O) groups excluding carboxylic acids is 1. The van der Waals surface area contributed by atoms with Gasteiger partial charge in [0.2, 0.25) is 0 Å². The first kappa shape index (κ1) is 14.7. The summed E-state index contributed by atoms with van der Waals surface area (Å²) in [4.78, 5) is 17.3. The molecule has 112 valence electrons. The van der Waals surface area contributed by atoms with Crippen LogP contribution >= 0.6 is 22.7 Å². The number of thiophene rings is 1. The summed E-state index contributed by atoms with van der Waals surface area (Å²) in [6.07, 6.45) is 0. The molecule has 0 atom stereocenters. The van der Waals surface area contributed by atoms with E-state index in [4.69, 9.17) is 9.47 Å². The Morgan fingerprint density at radius 1 is 1.18 bits per heavy atom. The van der Waals surface area contributed by atoms with Gasteiger partial charge < -0.3 is 9.47 Å². The van der Waals surface area contributed by atoms with E-state index in [0.29, 0.717) is 22.1 Å². The molecule has 0 amide bonds. The Bertz CT molecular complexity index is 794. The molecule has 2 aromatic heterocycles. The van der Waals surface area contributed by atoms with Gasteiger partial charge in [-0.25, -0.2) is 9.78 Å². The van der Waals surface area contributed by atoms with E-state index >= 15 is 0 Å². The first-order chi connectivity index (χ1) is 10.7. The van der Waals surface area contributed by atoms with Crippen molar-refractivity contribution in [1.82, 2.24) is 4.98 Å². The highest BCUT2D eigenvalue weighted by Gasteiger charge is 2.19. The van der Waals surface area contributed by atoms with Crippen molar-refractivity contribution in [1.29, 1.82) is 0 Å². The fourth-order valence-electron chi connectivity index (χ4n) is 1.94. The highest BCUT2D eigenvalue weighted by atomic mass is 32.1. The molecule has 6 heteroatoms. The molecule has 0 radical (unpaired) electrons. The van der Waals surface area contributed by atoms with Crippen molar-refractivity contribution in [2.45, 2.75) is 6.92 Å². The Morgan fingerprint density at radius 3 is 2.64 bits per heavy atom. The topological polar surface area (TPSA) is 48.4 Å². The Morgan fingerprint density at radius 2 is 1.95 bits per heavy atom. The molecular formula is C16H13NO3S2. The summed E-state index contributed by atoms with van der Waals surface area (Å²) in [5, 5.41) is 4.82. The van der Waals surface area contributed by atoms with Crippen LogP contribution in [-0.2, 0) is 0 Å². The van der Waals surface area contributed by atoms with Gasteiger partial charge in [0.25, 0.3) is 0 Å². The lowest BCUT2D eigenvalue weighted by atomic mass is 10.3. The maximum absolute atomic E-state index is 12.4. The number of para-hydroxylation sites is 2. The normalized spacial score (nSPS) is 10.5. The van der Waals surface area contributed by atoms with Crippen LogP contribution in [0.5, 0.6) is 11.5 Å². The first-order valence-electron chi connectivity index (χ1n) is 6.54. The van der Waals surface area contributed by atoms with Crippen molar-refractivity contribution < 1.29 is 14.3 Å². The van der Waals surface area contributed by atoms with Crippen LogP contribution in [0.1, 0.15) is 15.4 Å². The lowest BCUT2D eigenvalue weighted by Gasteiger charge is -2.07. The molecule has 0 saturated carbocycles. The lowest BCUT2D eigenvalue weighted by molar-refractivity contribution is 0.0734. The minimum absolute atomic E-state index is 0.403. The van der Waals surface area contributed by atoms with Gasteiger partial charge in [0.15, 0.2) is 11.5 Å². The molecule has 4 nitrogen and oxygen atoms in total. The quantitative estimate of drug-likeness (QED) is 0.525. The number of benzene rings is 1. The van der Waals surface area contributed by atoms with E-state index in [9.17, 15) is 4.79 Å². The number of esters is 1. The molecule has 0 aliphatic carbocycles. The molecule has 0 unspecified atom stereocenters. The van der Waals surface area contributed by atoms with E-state index in [1.54, 1.807) is 36.6 Å². The molecule has 0 saturated heterocycles. The van der Waals surface area contributed by atoms with Crippen molar-refractivity contribution in [2.75, 3.05) is 7.11 Å². The van der Waals surface area contributed by atoms with Crippen molar-refractivity contribution in [2.24, 2.45) is 0 Å². The van der Waals surface area contributed by atoms with E-state index in [-0.39, 0.29) is 0 Å². The second kappa shape index (κ2) is 6.29. The van der Waals surface area contributed by atoms with Gasteiger partial charge in [0.05, 0.1) is 12.8 Å². The summed E-state index contributed by atoms with van der Waals surface area (Å²) in [6, 6.07) is 9.05. The van der Waals surface area contributed by atoms with Crippen LogP contribution < -0.4 is 9.47 Å². The minimum atomic E-state index is -0.416. The zero-order valence-corrected chi connectivity index (χ0v) is 13.7. The number of carbonyl (C=O) groups is 1. The summed E-state index contributed by atoms with van der Waals surface area (Å²) < 4.78 is 10.6.